The maximum Gasteiger partial charge on any atom is 0.360 e. The summed E-state index contributed by atoms with van der Waals surface area (Å²) in [6, 6.07) is 0. The van der Waals surface area contributed by atoms with Crippen LogP contribution in [0.15, 0.2) is 0 Å². The maximum absolute atomic E-state index is 11.6. The van der Waals surface area contributed by atoms with Gasteiger partial charge >= 0.3 is 5.97 Å². The molecule has 1 aliphatic rings. The molecular weight excluding hydrogens is 210 g/mol. The predicted molar refractivity (Wildman–Crippen MR) is 55.1 cm³/mol. The van der Waals surface area contributed by atoms with Crippen LogP contribution in [0, 0.1) is 0 Å². The summed E-state index contributed by atoms with van der Waals surface area (Å²) in [4.78, 5) is 11.6. The highest BCUT2D eigenvalue weighted by Crippen LogP contribution is 2.26. The summed E-state index contributed by atoms with van der Waals surface area (Å²) in [5, 5.41) is 10.4. The summed E-state index contributed by atoms with van der Waals surface area (Å²) >= 11 is 0. The maximum atomic E-state index is 11.6. The summed E-state index contributed by atoms with van der Waals surface area (Å²) in [5.41, 5.74) is 1.02. The Labute approximate surface area is 93.3 Å². The smallest absolute Gasteiger partial charge is 0.360 e. The zero-order valence-corrected chi connectivity index (χ0v) is 9.23. The number of nitrogens with one attached hydrogen (secondary N) is 1. The molecule has 6 nitrogen and oxygen atoms in total. The lowest BCUT2D eigenvalue weighted by Gasteiger charge is -2.20. The number of rotatable bonds is 3. The van der Waals surface area contributed by atoms with Gasteiger partial charge in [-0.15, -0.1) is 5.10 Å². The number of H-pyrrole nitrogens is 1. The number of carbonyl (C=O) groups is 1. The molecule has 2 rings (SSSR count). The number of aromatic nitrogens is 3. The molecular formula is C10H15N3O3. The number of aromatic amines is 1. The zero-order valence-electron chi connectivity index (χ0n) is 9.23. The first-order chi connectivity index (χ1) is 7.83. The van der Waals surface area contributed by atoms with E-state index in [2.05, 4.69) is 15.4 Å². The van der Waals surface area contributed by atoms with Crippen molar-refractivity contribution in [1.82, 2.24) is 15.4 Å². The van der Waals surface area contributed by atoms with Gasteiger partial charge in [-0.05, 0) is 19.8 Å². The largest absolute Gasteiger partial charge is 0.461 e. The Morgan fingerprint density at radius 1 is 1.50 bits per heavy atom. The van der Waals surface area contributed by atoms with Gasteiger partial charge in [-0.2, -0.15) is 10.3 Å². The molecule has 1 aromatic heterocycles. The highest BCUT2D eigenvalue weighted by atomic mass is 16.5. The lowest BCUT2D eigenvalue weighted by molar-refractivity contribution is 0.0512. The van der Waals surface area contributed by atoms with Crippen LogP contribution < -0.4 is 0 Å². The Kier molecular flexibility index (Phi) is 3.51. The first-order valence-corrected chi connectivity index (χ1v) is 5.48. The third-order valence-corrected chi connectivity index (χ3v) is 2.65. The van der Waals surface area contributed by atoms with Gasteiger partial charge in [-0.3, -0.25) is 0 Å². The summed E-state index contributed by atoms with van der Waals surface area (Å²) in [6.45, 7) is 3.53. The van der Waals surface area contributed by atoms with Gasteiger partial charge in [-0.1, -0.05) is 0 Å². The predicted octanol–water partition coefficient (Wildman–Crippen LogP) is 0.875. The standard InChI is InChI=1S/C10H15N3O3/c1-2-16-10(14)9-8(11-13-12-9)7-3-5-15-6-4-7/h7H,2-6H2,1H3,(H,11,12,13). The molecule has 0 aromatic carbocycles. The monoisotopic (exact) mass is 225 g/mol. The molecule has 2 heterocycles. The van der Waals surface area contributed by atoms with Crippen LogP contribution in [0.5, 0.6) is 0 Å². The minimum Gasteiger partial charge on any atom is -0.461 e. The van der Waals surface area contributed by atoms with Gasteiger partial charge < -0.3 is 9.47 Å². The van der Waals surface area contributed by atoms with E-state index in [9.17, 15) is 4.79 Å². The van der Waals surface area contributed by atoms with E-state index in [1.54, 1.807) is 6.92 Å². The first-order valence-electron chi connectivity index (χ1n) is 5.48. The molecule has 0 saturated carbocycles. The van der Waals surface area contributed by atoms with E-state index in [4.69, 9.17) is 9.47 Å². The van der Waals surface area contributed by atoms with E-state index in [1.165, 1.54) is 0 Å². The Balaban J connectivity index is 2.14. The quantitative estimate of drug-likeness (QED) is 0.772. The van der Waals surface area contributed by atoms with E-state index in [0.29, 0.717) is 31.2 Å². The third kappa shape index (κ3) is 2.21. The van der Waals surface area contributed by atoms with Crippen LogP contribution in [0.1, 0.15) is 41.9 Å². The molecule has 1 aromatic rings. The van der Waals surface area contributed by atoms with E-state index in [0.717, 1.165) is 12.8 Å². The fourth-order valence-corrected chi connectivity index (χ4v) is 1.84. The summed E-state index contributed by atoms with van der Waals surface area (Å²) in [7, 11) is 0. The second kappa shape index (κ2) is 5.07. The van der Waals surface area contributed by atoms with Gasteiger partial charge in [0.2, 0.25) is 0 Å². The number of hydrogen-bond acceptors (Lipinski definition) is 5. The van der Waals surface area contributed by atoms with Crippen LogP contribution in [0.3, 0.4) is 0 Å². The molecule has 1 aliphatic heterocycles. The van der Waals surface area contributed by atoms with E-state index in [1.807, 2.05) is 0 Å². The Hall–Kier alpha value is -1.43. The molecule has 0 aliphatic carbocycles. The lowest BCUT2D eigenvalue weighted by atomic mass is 9.95. The number of ether oxygens (including phenoxy) is 2. The van der Waals surface area contributed by atoms with Crippen LogP contribution in [0.2, 0.25) is 0 Å². The number of hydrogen-bond donors (Lipinski definition) is 1. The van der Waals surface area contributed by atoms with Gasteiger partial charge in [-0.25, -0.2) is 4.79 Å². The van der Waals surface area contributed by atoms with Crippen molar-refractivity contribution in [2.75, 3.05) is 19.8 Å². The minimum atomic E-state index is -0.405. The first kappa shape index (κ1) is 11.1. The number of esters is 1. The lowest BCUT2D eigenvalue weighted by Crippen LogP contribution is -2.17. The van der Waals surface area contributed by atoms with E-state index >= 15 is 0 Å². The molecule has 0 atom stereocenters. The Morgan fingerprint density at radius 3 is 2.94 bits per heavy atom. The Bertz CT molecular complexity index is 358. The van der Waals surface area contributed by atoms with Crippen molar-refractivity contribution < 1.29 is 14.3 Å². The molecule has 1 saturated heterocycles. The van der Waals surface area contributed by atoms with E-state index < -0.39 is 5.97 Å². The van der Waals surface area contributed by atoms with Crippen LogP contribution in [-0.2, 0) is 9.47 Å². The molecule has 1 fully saturated rings. The van der Waals surface area contributed by atoms with Crippen molar-refractivity contribution in [2.24, 2.45) is 0 Å². The molecule has 0 unspecified atom stereocenters. The van der Waals surface area contributed by atoms with Gasteiger partial charge in [0.25, 0.3) is 0 Å². The number of carbonyl (C=O) groups excluding carboxylic acids is 1. The average molecular weight is 225 g/mol. The Morgan fingerprint density at radius 2 is 2.25 bits per heavy atom. The highest BCUT2D eigenvalue weighted by Gasteiger charge is 2.26. The van der Waals surface area contributed by atoms with Crippen LogP contribution >= 0.6 is 0 Å². The van der Waals surface area contributed by atoms with Gasteiger partial charge in [0.15, 0.2) is 5.69 Å². The number of nitrogens with zero attached hydrogens (tertiary/aromatic N) is 2. The normalized spacial score (nSPS) is 17.3. The van der Waals surface area contributed by atoms with Crippen molar-refractivity contribution in [3.8, 4) is 0 Å². The van der Waals surface area contributed by atoms with Crippen molar-refractivity contribution in [1.29, 1.82) is 0 Å². The van der Waals surface area contributed by atoms with Gasteiger partial charge in [0, 0.05) is 19.1 Å². The molecule has 88 valence electrons. The second-order valence-electron chi connectivity index (χ2n) is 3.66. The molecule has 1 N–H and O–H groups in total. The molecule has 16 heavy (non-hydrogen) atoms. The zero-order chi connectivity index (χ0) is 11.4. The van der Waals surface area contributed by atoms with Crippen LogP contribution in [0.4, 0.5) is 0 Å². The third-order valence-electron chi connectivity index (χ3n) is 2.65. The van der Waals surface area contributed by atoms with Gasteiger partial charge in [0.05, 0.1) is 6.61 Å². The summed E-state index contributed by atoms with van der Waals surface area (Å²) < 4.78 is 10.2. The molecule has 6 heteroatoms. The average Bonchev–Trinajstić information content (AvgIpc) is 2.79. The summed E-state index contributed by atoms with van der Waals surface area (Å²) in [5.74, 6) is -0.162. The fraction of sp³-hybridized carbons (Fsp3) is 0.700. The van der Waals surface area contributed by atoms with Crippen molar-refractivity contribution >= 4 is 5.97 Å². The SMILES string of the molecule is CCOC(=O)c1n[nH]nc1C1CCOCC1. The van der Waals surface area contributed by atoms with Gasteiger partial charge in [0.1, 0.15) is 5.69 Å². The molecule has 0 bridgehead atoms. The fourth-order valence-electron chi connectivity index (χ4n) is 1.84. The van der Waals surface area contributed by atoms with Crippen molar-refractivity contribution in [3.63, 3.8) is 0 Å². The molecule has 0 radical (unpaired) electrons. The molecule has 0 spiro atoms. The molecule has 0 amide bonds. The highest BCUT2D eigenvalue weighted by molar-refractivity contribution is 5.88. The van der Waals surface area contributed by atoms with Crippen molar-refractivity contribution in [3.05, 3.63) is 11.4 Å². The van der Waals surface area contributed by atoms with Crippen LogP contribution in [-0.4, -0.2) is 41.2 Å². The van der Waals surface area contributed by atoms with Crippen molar-refractivity contribution in [2.45, 2.75) is 25.7 Å². The van der Waals surface area contributed by atoms with Crippen LogP contribution in [0.25, 0.3) is 0 Å². The second-order valence-corrected chi connectivity index (χ2v) is 3.66. The van der Waals surface area contributed by atoms with E-state index in [-0.39, 0.29) is 5.92 Å². The summed E-state index contributed by atoms with van der Waals surface area (Å²) in [6.07, 6.45) is 1.75. The topological polar surface area (TPSA) is 77.1 Å². The minimum absolute atomic E-state index is 0.243.